The molecule has 0 unspecified atom stereocenters. The van der Waals surface area contributed by atoms with Gasteiger partial charge in [0.15, 0.2) is 0 Å². The molecule has 4 aliphatic carbocycles. The highest BCUT2D eigenvalue weighted by Crippen LogP contribution is 2.66. The maximum atomic E-state index is 13.2. The van der Waals surface area contributed by atoms with E-state index in [-0.39, 0.29) is 17.4 Å². The Bertz CT molecular complexity index is 751. The van der Waals surface area contributed by atoms with E-state index in [1.807, 2.05) is 0 Å². The van der Waals surface area contributed by atoms with Crippen molar-refractivity contribution in [3.05, 3.63) is 0 Å². The van der Waals surface area contributed by atoms with Gasteiger partial charge in [0.25, 0.3) is 0 Å². The van der Waals surface area contributed by atoms with Crippen molar-refractivity contribution in [1.29, 1.82) is 0 Å². The minimum atomic E-state index is -0.570. The molecule has 4 nitrogen and oxygen atoms in total. The van der Waals surface area contributed by atoms with Crippen LogP contribution in [0.5, 0.6) is 0 Å². The van der Waals surface area contributed by atoms with Gasteiger partial charge in [-0.05, 0) is 105 Å². The fourth-order valence-electron chi connectivity index (χ4n) is 10.4. The number of ketones is 1. The first-order valence-corrected chi connectivity index (χ1v) is 13.4. The summed E-state index contributed by atoms with van der Waals surface area (Å²) in [5.41, 5.74) is -0.482. The first kappa shape index (κ1) is 21.1. The van der Waals surface area contributed by atoms with Gasteiger partial charge in [0.2, 0.25) is 0 Å². The summed E-state index contributed by atoms with van der Waals surface area (Å²) in [6.07, 6.45) is 9.08. The molecule has 174 valence electrons. The average molecular weight is 430 g/mol. The van der Waals surface area contributed by atoms with Gasteiger partial charge in [-0.2, -0.15) is 0 Å². The second kappa shape index (κ2) is 7.03. The standard InChI is InChI=1S/C27H43NO3/c1-15-4-7-25-27(3,31)21-6-5-17-18(20(21)14-28(25)13-15)11-22-19(17)12-24(30)23-10-16(29)8-9-26(22,23)2/h15-23,25,29,31H,4-14H2,1-3H3/t15-,16-,17+,18-,19+,20-,21+,22+,23+,25+,26+,27+/m0/s1. The third kappa shape index (κ3) is 2.93. The topological polar surface area (TPSA) is 60.8 Å². The van der Waals surface area contributed by atoms with E-state index in [9.17, 15) is 15.0 Å². The van der Waals surface area contributed by atoms with Crippen LogP contribution in [0.4, 0.5) is 0 Å². The number of hydrogen-bond acceptors (Lipinski definition) is 4. The summed E-state index contributed by atoms with van der Waals surface area (Å²) >= 11 is 0. The third-order valence-electron chi connectivity index (χ3n) is 11.8. The third-order valence-corrected chi connectivity index (χ3v) is 11.8. The number of carbonyl (C=O) groups is 1. The van der Waals surface area contributed by atoms with E-state index in [0.717, 1.165) is 44.6 Å². The molecule has 2 aliphatic heterocycles. The van der Waals surface area contributed by atoms with Gasteiger partial charge in [-0.25, -0.2) is 0 Å². The number of piperidine rings is 2. The molecule has 2 N–H and O–H groups in total. The molecule has 0 spiro atoms. The Morgan fingerprint density at radius 1 is 0.903 bits per heavy atom. The predicted molar refractivity (Wildman–Crippen MR) is 120 cm³/mol. The molecule has 0 aromatic carbocycles. The van der Waals surface area contributed by atoms with Crippen LogP contribution in [0.1, 0.15) is 78.6 Å². The van der Waals surface area contributed by atoms with Crippen molar-refractivity contribution in [2.75, 3.05) is 13.1 Å². The Labute approximate surface area is 188 Å². The van der Waals surface area contributed by atoms with Crippen LogP contribution < -0.4 is 0 Å². The fourth-order valence-corrected chi connectivity index (χ4v) is 10.4. The normalized spacial score (nSPS) is 59.2. The quantitative estimate of drug-likeness (QED) is 0.613. The van der Waals surface area contributed by atoms with Gasteiger partial charge >= 0.3 is 0 Å². The summed E-state index contributed by atoms with van der Waals surface area (Å²) in [5.74, 6) is 4.82. The predicted octanol–water partition coefficient (Wildman–Crippen LogP) is 3.89. The van der Waals surface area contributed by atoms with Crippen molar-refractivity contribution in [3.8, 4) is 0 Å². The summed E-state index contributed by atoms with van der Waals surface area (Å²) in [7, 11) is 0. The summed E-state index contributed by atoms with van der Waals surface area (Å²) in [5, 5.41) is 22.1. The van der Waals surface area contributed by atoms with E-state index in [2.05, 4.69) is 25.7 Å². The second-order valence-corrected chi connectivity index (χ2v) is 13.2. The molecule has 31 heavy (non-hydrogen) atoms. The van der Waals surface area contributed by atoms with Gasteiger partial charge in [0.1, 0.15) is 5.78 Å². The van der Waals surface area contributed by atoms with Crippen molar-refractivity contribution in [2.24, 2.45) is 52.8 Å². The number of rotatable bonds is 0. The zero-order valence-electron chi connectivity index (χ0n) is 19.8. The molecule has 4 saturated carbocycles. The molecule has 0 aromatic heterocycles. The van der Waals surface area contributed by atoms with Gasteiger partial charge in [0, 0.05) is 31.5 Å². The molecule has 0 radical (unpaired) electrons. The van der Waals surface area contributed by atoms with Gasteiger partial charge in [-0.1, -0.05) is 13.8 Å². The molecular formula is C27H43NO3. The van der Waals surface area contributed by atoms with Crippen molar-refractivity contribution >= 4 is 5.78 Å². The number of Topliss-reactive ketones (excluding diaryl/α,β-unsaturated/α-hetero) is 1. The lowest BCUT2D eigenvalue weighted by atomic mass is 9.51. The molecule has 0 aromatic rings. The summed E-state index contributed by atoms with van der Waals surface area (Å²) in [6.45, 7) is 9.23. The largest absolute Gasteiger partial charge is 0.393 e. The smallest absolute Gasteiger partial charge is 0.136 e. The number of nitrogens with zero attached hydrogens (tertiary/aromatic N) is 1. The number of fused-ring (bicyclic) bond motifs is 8. The Morgan fingerprint density at radius 2 is 1.71 bits per heavy atom. The van der Waals surface area contributed by atoms with Crippen molar-refractivity contribution in [3.63, 3.8) is 0 Å². The first-order valence-electron chi connectivity index (χ1n) is 13.4. The van der Waals surface area contributed by atoms with Gasteiger partial charge < -0.3 is 10.2 Å². The highest BCUT2D eigenvalue weighted by molar-refractivity contribution is 5.83. The van der Waals surface area contributed by atoms with Crippen molar-refractivity contribution in [2.45, 2.75) is 96.3 Å². The molecule has 6 aliphatic rings. The molecule has 0 bridgehead atoms. The highest BCUT2D eigenvalue weighted by Gasteiger charge is 2.64. The molecule has 6 fully saturated rings. The zero-order chi connectivity index (χ0) is 21.7. The summed E-state index contributed by atoms with van der Waals surface area (Å²) in [6, 6.07) is 0.341. The van der Waals surface area contributed by atoms with Crippen LogP contribution in [0.15, 0.2) is 0 Å². The highest BCUT2D eigenvalue weighted by atomic mass is 16.3. The molecule has 12 atom stereocenters. The maximum Gasteiger partial charge on any atom is 0.136 e. The minimum absolute atomic E-state index is 0.0789. The fraction of sp³-hybridized carbons (Fsp3) is 0.963. The molecule has 2 saturated heterocycles. The summed E-state index contributed by atoms with van der Waals surface area (Å²) < 4.78 is 0. The number of aliphatic hydroxyl groups excluding tert-OH is 1. The minimum Gasteiger partial charge on any atom is -0.393 e. The van der Waals surface area contributed by atoms with Crippen LogP contribution in [-0.2, 0) is 4.79 Å². The Hall–Kier alpha value is -0.450. The van der Waals surface area contributed by atoms with E-state index in [1.165, 1.54) is 25.8 Å². The van der Waals surface area contributed by atoms with Gasteiger partial charge in [-0.15, -0.1) is 0 Å². The second-order valence-electron chi connectivity index (χ2n) is 13.2. The lowest BCUT2D eigenvalue weighted by Crippen LogP contribution is -2.67. The lowest BCUT2D eigenvalue weighted by Gasteiger charge is -2.59. The van der Waals surface area contributed by atoms with Crippen LogP contribution in [0, 0.1) is 52.8 Å². The van der Waals surface area contributed by atoms with E-state index in [4.69, 9.17) is 0 Å². The molecule has 2 heterocycles. The number of carbonyl (C=O) groups excluding carboxylic acids is 1. The van der Waals surface area contributed by atoms with Crippen molar-refractivity contribution in [1.82, 2.24) is 4.90 Å². The van der Waals surface area contributed by atoms with Gasteiger partial charge in [-0.3, -0.25) is 9.69 Å². The van der Waals surface area contributed by atoms with Crippen molar-refractivity contribution < 1.29 is 15.0 Å². The Morgan fingerprint density at radius 3 is 2.52 bits per heavy atom. The molecular weight excluding hydrogens is 386 g/mol. The van der Waals surface area contributed by atoms with E-state index < -0.39 is 5.60 Å². The van der Waals surface area contributed by atoms with Crippen LogP contribution >= 0.6 is 0 Å². The first-order chi connectivity index (χ1) is 14.7. The SMILES string of the molecule is C[C@H]1CC[C@H]2N(C1)C[C@H]1[C@H]3C[C@@H]4[C@H](CC(=O)[C@H]5C[C@@H](O)CC[C@@]54C)[C@@H]3CC[C@H]1[C@@]2(C)O. The Balaban J connectivity index is 1.31. The lowest BCUT2D eigenvalue weighted by molar-refractivity contribution is -0.175. The number of hydrogen-bond donors (Lipinski definition) is 2. The van der Waals surface area contributed by atoms with Crippen LogP contribution in [0.2, 0.25) is 0 Å². The monoisotopic (exact) mass is 429 g/mol. The average Bonchev–Trinajstić information content (AvgIpc) is 3.09. The van der Waals surface area contributed by atoms with Crippen LogP contribution in [0.25, 0.3) is 0 Å². The van der Waals surface area contributed by atoms with Crippen LogP contribution in [-0.4, -0.2) is 51.7 Å². The van der Waals surface area contributed by atoms with Crippen LogP contribution in [0.3, 0.4) is 0 Å². The summed E-state index contributed by atoms with van der Waals surface area (Å²) in [4.78, 5) is 15.9. The van der Waals surface area contributed by atoms with E-state index >= 15 is 0 Å². The Kier molecular flexibility index (Phi) is 4.78. The maximum absolute atomic E-state index is 13.2. The number of aliphatic hydroxyl groups is 2. The van der Waals surface area contributed by atoms with E-state index in [1.54, 1.807) is 0 Å². The molecule has 4 heteroatoms. The molecule has 0 amide bonds. The van der Waals surface area contributed by atoms with Gasteiger partial charge in [0.05, 0.1) is 11.7 Å². The zero-order valence-corrected chi connectivity index (χ0v) is 19.8. The van der Waals surface area contributed by atoms with E-state index in [0.29, 0.717) is 53.8 Å². The molecule has 6 rings (SSSR count).